The molecule has 0 aliphatic carbocycles. The normalized spacial score (nSPS) is 10.2. The highest BCUT2D eigenvalue weighted by Gasteiger charge is 2.23. The van der Waals surface area contributed by atoms with E-state index in [1.54, 1.807) is 25.1 Å². The molecule has 0 atom stereocenters. The van der Waals surface area contributed by atoms with Crippen LogP contribution in [0.5, 0.6) is 5.75 Å². The van der Waals surface area contributed by atoms with Crippen molar-refractivity contribution in [2.75, 3.05) is 11.9 Å². The SMILES string of the molecule is Cc1ccc([N+](=O)[O-])c(C(=O)N(C)c2cccc(O)c2)c1. The second kappa shape index (κ2) is 5.62. The second-order valence-electron chi connectivity index (χ2n) is 4.66. The molecule has 2 aromatic carbocycles. The van der Waals surface area contributed by atoms with Crippen molar-refractivity contribution in [3.63, 3.8) is 0 Å². The molecule has 108 valence electrons. The van der Waals surface area contributed by atoms with Crippen molar-refractivity contribution in [2.45, 2.75) is 6.92 Å². The fourth-order valence-corrected chi connectivity index (χ4v) is 1.98. The van der Waals surface area contributed by atoms with Crippen LogP contribution >= 0.6 is 0 Å². The second-order valence-corrected chi connectivity index (χ2v) is 4.66. The Morgan fingerprint density at radius 1 is 1.24 bits per heavy atom. The van der Waals surface area contributed by atoms with E-state index in [4.69, 9.17) is 0 Å². The summed E-state index contributed by atoms with van der Waals surface area (Å²) in [4.78, 5) is 24.2. The maximum Gasteiger partial charge on any atom is 0.282 e. The molecule has 0 aliphatic heterocycles. The predicted octanol–water partition coefficient (Wildman–Crippen LogP) is 2.89. The van der Waals surface area contributed by atoms with Gasteiger partial charge in [0.05, 0.1) is 4.92 Å². The summed E-state index contributed by atoms with van der Waals surface area (Å²) in [7, 11) is 1.50. The molecule has 0 aliphatic rings. The van der Waals surface area contributed by atoms with Gasteiger partial charge in [-0.15, -0.1) is 0 Å². The number of carbonyl (C=O) groups excluding carboxylic acids is 1. The minimum atomic E-state index is -0.580. The van der Waals surface area contributed by atoms with Gasteiger partial charge in [-0.1, -0.05) is 12.1 Å². The van der Waals surface area contributed by atoms with Gasteiger partial charge >= 0.3 is 0 Å². The zero-order valence-electron chi connectivity index (χ0n) is 11.6. The van der Waals surface area contributed by atoms with E-state index < -0.39 is 10.8 Å². The van der Waals surface area contributed by atoms with Gasteiger partial charge in [0.15, 0.2) is 0 Å². The fraction of sp³-hybridized carbons (Fsp3) is 0.133. The number of hydrogen-bond donors (Lipinski definition) is 1. The number of nitro groups is 1. The maximum absolute atomic E-state index is 12.5. The van der Waals surface area contributed by atoms with Crippen LogP contribution in [-0.4, -0.2) is 23.0 Å². The smallest absolute Gasteiger partial charge is 0.282 e. The number of anilines is 1. The zero-order chi connectivity index (χ0) is 15.6. The van der Waals surface area contributed by atoms with Gasteiger partial charge in [-0.3, -0.25) is 14.9 Å². The van der Waals surface area contributed by atoms with Gasteiger partial charge < -0.3 is 10.0 Å². The van der Waals surface area contributed by atoms with Gasteiger partial charge in [-0.25, -0.2) is 0 Å². The first-order valence-corrected chi connectivity index (χ1v) is 6.22. The van der Waals surface area contributed by atoms with Crippen LogP contribution in [-0.2, 0) is 0 Å². The predicted molar refractivity (Wildman–Crippen MR) is 78.7 cm³/mol. The summed E-state index contributed by atoms with van der Waals surface area (Å²) in [6.07, 6.45) is 0. The Balaban J connectivity index is 2.44. The molecule has 0 unspecified atom stereocenters. The minimum Gasteiger partial charge on any atom is -0.508 e. The molecule has 0 heterocycles. The van der Waals surface area contributed by atoms with Gasteiger partial charge in [0.2, 0.25) is 0 Å². The summed E-state index contributed by atoms with van der Waals surface area (Å²) in [5.41, 5.74) is 0.993. The summed E-state index contributed by atoms with van der Waals surface area (Å²) >= 11 is 0. The molecule has 0 saturated carbocycles. The van der Waals surface area contributed by atoms with E-state index in [1.165, 1.54) is 36.2 Å². The Kier molecular flexibility index (Phi) is 3.89. The van der Waals surface area contributed by atoms with Crippen LogP contribution in [0.25, 0.3) is 0 Å². The lowest BCUT2D eigenvalue weighted by atomic mass is 10.1. The number of aryl methyl sites for hydroxylation is 1. The molecule has 21 heavy (non-hydrogen) atoms. The molecule has 0 spiro atoms. The lowest BCUT2D eigenvalue weighted by molar-refractivity contribution is -0.385. The molecular weight excluding hydrogens is 272 g/mol. The van der Waals surface area contributed by atoms with E-state index >= 15 is 0 Å². The van der Waals surface area contributed by atoms with E-state index in [0.717, 1.165) is 5.56 Å². The third kappa shape index (κ3) is 3.00. The number of rotatable bonds is 3. The molecule has 0 aromatic heterocycles. The van der Waals surface area contributed by atoms with Crippen molar-refractivity contribution >= 4 is 17.3 Å². The summed E-state index contributed by atoms with van der Waals surface area (Å²) < 4.78 is 0. The van der Waals surface area contributed by atoms with E-state index in [1.807, 2.05) is 0 Å². The fourth-order valence-electron chi connectivity index (χ4n) is 1.98. The quantitative estimate of drug-likeness (QED) is 0.694. The monoisotopic (exact) mass is 286 g/mol. The molecule has 6 heteroatoms. The van der Waals surface area contributed by atoms with E-state index in [2.05, 4.69) is 0 Å². The molecule has 2 rings (SSSR count). The summed E-state index contributed by atoms with van der Waals surface area (Å²) in [5, 5.41) is 20.5. The Morgan fingerprint density at radius 2 is 1.95 bits per heavy atom. The van der Waals surface area contributed by atoms with Crippen LogP contribution in [0.4, 0.5) is 11.4 Å². The van der Waals surface area contributed by atoms with Gasteiger partial charge in [-0.2, -0.15) is 0 Å². The Hall–Kier alpha value is -2.89. The number of phenols is 1. The van der Waals surface area contributed by atoms with Crippen LogP contribution in [0.3, 0.4) is 0 Å². The molecule has 1 N–H and O–H groups in total. The first kappa shape index (κ1) is 14.5. The lowest BCUT2D eigenvalue weighted by Crippen LogP contribution is -2.27. The molecular formula is C15H14N2O4. The van der Waals surface area contributed by atoms with E-state index in [9.17, 15) is 20.0 Å². The number of aromatic hydroxyl groups is 1. The topological polar surface area (TPSA) is 83.7 Å². The van der Waals surface area contributed by atoms with Gasteiger partial charge in [0, 0.05) is 24.9 Å². The Bertz CT molecular complexity index is 713. The average Bonchev–Trinajstić information content (AvgIpc) is 2.45. The van der Waals surface area contributed by atoms with Gasteiger partial charge in [0.1, 0.15) is 11.3 Å². The lowest BCUT2D eigenvalue weighted by Gasteiger charge is -2.17. The number of hydrogen-bond acceptors (Lipinski definition) is 4. The number of amides is 1. The van der Waals surface area contributed by atoms with Crippen molar-refractivity contribution in [1.29, 1.82) is 0 Å². The standard InChI is InChI=1S/C15H14N2O4/c1-10-6-7-14(17(20)21)13(8-10)15(19)16(2)11-4-3-5-12(18)9-11/h3-9,18H,1-2H3. The highest BCUT2D eigenvalue weighted by Crippen LogP contribution is 2.25. The van der Waals surface area contributed by atoms with Crippen molar-refractivity contribution in [3.05, 3.63) is 63.7 Å². The van der Waals surface area contributed by atoms with Crippen LogP contribution < -0.4 is 4.90 Å². The van der Waals surface area contributed by atoms with E-state index in [0.29, 0.717) is 5.69 Å². The highest BCUT2D eigenvalue weighted by atomic mass is 16.6. The summed E-state index contributed by atoms with van der Waals surface area (Å²) in [6, 6.07) is 10.5. The molecule has 6 nitrogen and oxygen atoms in total. The molecule has 0 saturated heterocycles. The molecule has 0 fully saturated rings. The van der Waals surface area contributed by atoms with Crippen LogP contribution in [0.1, 0.15) is 15.9 Å². The zero-order valence-corrected chi connectivity index (χ0v) is 11.6. The molecule has 0 bridgehead atoms. The largest absolute Gasteiger partial charge is 0.508 e. The number of nitro benzene ring substituents is 1. The first-order chi connectivity index (χ1) is 9.90. The highest BCUT2D eigenvalue weighted by molar-refractivity contribution is 6.08. The average molecular weight is 286 g/mol. The minimum absolute atomic E-state index is 0.0193. The number of benzene rings is 2. The third-order valence-corrected chi connectivity index (χ3v) is 3.10. The summed E-state index contributed by atoms with van der Waals surface area (Å²) in [5.74, 6) is -0.484. The Labute approximate surface area is 121 Å². The molecule has 2 aromatic rings. The number of phenolic OH excluding ortho intramolecular Hbond substituents is 1. The number of carbonyl (C=O) groups is 1. The number of nitrogens with zero attached hydrogens (tertiary/aromatic N) is 2. The van der Waals surface area contributed by atoms with Crippen molar-refractivity contribution in [2.24, 2.45) is 0 Å². The van der Waals surface area contributed by atoms with Crippen molar-refractivity contribution < 1.29 is 14.8 Å². The van der Waals surface area contributed by atoms with Crippen LogP contribution in [0.15, 0.2) is 42.5 Å². The molecule has 0 radical (unpaired) electrons. The van der Waals surface area contributed by atoms with Gasteiger partial charge in [0.25, 0.3) is 11.6 Å². The first-order valence-electron chi connectivity index (χ1n) is 6.22. The van der Waals surface area contributed by atoms with Crippen LogP contribution in [0.2, 0.25) is 0 Å². The van der Waals surface area contributed by atoms with Crippen molar-refractivity contribution in [3.8, 4) is 5.75 Å². The third-order valence-electron chi connectivity index (χ3n) is 3.10. The molecule has 1 amide bonds. The maximum atomic E-state index is 12.5. The van der Waals surface area contributed by atoms with Crippen LogP contribution in [0, 0.1) is 17.0 Å². The van der Waals surface area contributed by atoms with Crippen molar-refractivity contribution in [1.82, 2.24) is 0 Å². The van der Waals surface area contributed by atoms with E-state index in [-0.39, 0.29) is 17.0 Å². The Morgan fingerprint density at radius 3 is 2.57 bits per heavy atom. The van der Waals surface area contributed by atoms with Gasteiger partial charge in [-0.05, 0) is 30.7 Å². The summed E-state index contributed by atoms with van der Waals surface area (Å²) in [6.45, 7) is 1.76.